The number of hydroxylamine groups is 1. The second-order valence-electron chi connectivity index (χ2n) is 5.02. The molecule has 0 heterocycles. The second kappa shape index (κ2) is 8.02. The van der Waals surface area contributed by atoms with Crippen LogP contribution in [0.1, 0.15) is 11.1 Å². The van der Waals surface area contributed by atoms with Crippen molar-refractivity contribution in [3.8, 4) is 0 Å². The largest absolute Gasteiger partial charge is 0.301 e. The third-order valence-corrected chi connectivity index (χ3v) is 3.41. The van der Waals surface area contributed by atoms with Crippen LogP contribution in [-0.4, -0.2) is 22.1 Å². The van der Waals surface area contributed by atoms with Crippen LogP contribution in [0.25, 0.3) is 0 Å². The minimum absolute atomic E-state index is 0.00541. The van der Waals surface area contributed by atoms with Crippen LogP contribution in [-0.2, 0) is 17.8 Å². The van der Waals surface area contributed by atoms with Crippen molar-refractivity contribution in [3.05, 3.63) is 75.8 Å². The van der Waals surface area contributed by atoms with Gasteiger partial charge in [0, 0.05) is 18.7 Å². The molecule has 0 radical (unpaired) electrons. The van der Waals surface area contributed by atoms with Gasteiger partial charge in [0.05, 0.1) is 11.0 Å². The van der Waals surface area contributed by atoms with Gasteiger partial charge in [-0.2, -0.15) is 0 Å². The molecule has 2 rings (SSSR count). The number of carbonyl (C=O) groups is 1. The maximum absolute atomic E-state index is 11.8. The van der Waals surface area contributed by atoms with Crippen molar-refractivity contribution in [1.82, 2.24) is 10.8 Å². The molecule has 2 aromatic rings. The molecule has 0 saturated heterocycles. The van der Waals surface area contributed by atoms with Crippen molar-refractivity contribution in [2.75, 3.05) is 0 Å². The third-order valence-electron chi connectivity index (χ3n) is 3.41. The molecule has 0 fully saturated rings. The Bertz CT molecular complexity index is 659. The highest BCUT2D eigenvalue weighted by molar-refractivity contribution is 5.80. The zero-order valence-corrected chi connectivity index (χ0v) is 12.3. The predicted octanol–water partition coefficient (Wildman–Crippen LogP) is 1.80. The molecule has 3 N–H and O–H groups in total. The summed E-state index contributed by atoms with van der Waals surface area (Å²) in [5.41, 5.74) is 3.40. The Balaban J connectivity index is 2.03. The maximum atomic E-state index is 11.8. The van der Waals surface area contributed by atoms with E-state index in [9.17, 15) is 14.9 Å². The standard InChI is InChI=1S/C16H17N3O4/c20-16(18-21)15(17-11-13-4-2-1-3-5-13)10-12-6-8-14(9-7-12)19(22)23/h1-9,15,17,21H,10-11H2,(H,18,20). The fourth-order valence-electron chi connectivity index (χ4n) is 2.16. The quantitative estimate of drug-likeness (QED) is 0.410. The molecule has 120 valence electrons. The third kappa shape index (κ3) is 4.87. The van der Waals surface area contributed by atoms with Crippen LogP contribution in [0.2, 0.25) is 0 Å². The summed E-state index contributed by atoms with van der Waals surface area (Å²) in [6.07, 6.45) is 0.303. The van der Waals surface area contributed by atoms with Gasteiger partial charge >= 0.3 is 0 Å². The monoisotopic (exact) mass is 315 g/mol. The van der Waals surface area contributed by atoms with E-state index in [0.29, 0.717) is 13.0 Å². The molecule has 0 aromatic heterocycles. The van der Waals surface area contributed by atoms with Gasteiger partial charge < -0.3 is 5.32 Å². The molecule has 1 atom stereocenters. The van der Waals surface area contributed by atoms with Crippen molar-refractivity contribution in [1.29, 1.82) is 0 Å². The van der Waals surface area contributed by atoms with E-state index in [2.05, 4.69) is 5.32 Å². The molecule has 2 aromatic carbocycles. The van der Waals surface area contributed by atoms with E-state index in [4.69, 9.17) is 5.21 Å². The molecule has 23 heavy (non-hydrogen) atoms. The number of amides is 1. The minimum Gasteiger partial charge on any atom is -0.301 e. The lowest BCUT2D eigenvalue weighted by Crippen LogP contribution is -2.44. The highest BCUT2D eigenvalue weighted by Gasteiger charge is 2.18. The van der Waals surface area contributed by atoms with Crippen LogP contribution in [0, 0.1) is 10.1 Å². The van der Waals surface area contributed by atoms with Crippen molar-refractivity contribution >= 4 is 11.6 Å². The summed E-state index contributed by atoms with van der Waals surface area (Å²) in [7, 11) is 0. The minimum atomic E-state index is -0.651. The van der Waals surface area contributed by atoms with Crippen LogP contribution in [0.3, 0.4) is 0 Å². The molecule has 7 nitrogen and oxygen atoms in total. The van der Waals surface area contributed by atoms with Gasteiger partial charge in [0.15, 0.2) is 0 Å². The maximum Gasteiger partial charge on any atom is 0.269 e. The number of carbonyl (C=O) groups excluding carboxylic acids is 1. The molecule has 0 saturated carbocycles. The Hall–Kier alpha value is -2.77. The van der Waals surface area contributed by atoms with Crippen molar-refractivity contribution in [2.24, 2.45) is 0 Å². The second-order valence-corrected chi connectivity index (χ2v) is 5.02. The van der Waals surface area contributed by atoms with Gasteiger partial charge in [-0.25, -0.2) is 5.48 Å². The zero-order valence-electron chi connectivity index (χ0n) is 12.3. The van der Waals surface area contributed by atoms with Gasteiger partial charge in [-0.3, -0.25) is 20.1 Å². The SMILES string of the molecule is O=C(NO)C(Cc1ccc([N+](=O)[O-])cc1)NCc1ccccc1. The Morgan fingerprint density at radius 2 is 1.74 bits per heavy atom. The highest BCUT2D eigenvalue weighted by atomic mass is 16.6. The van der Waals surface area contributed by atoms with Crippen LogP contribution in [0.5, 0.6) is 0 Å². The lowest BCUT2D eigenvalue weighted by molar-refractivity contribution is -0.384. The van der Waals surface area contributed by atoms with E-state index in [-0.39, 0.29) is 5.69 Å². The summed E-state index contributed by atoms with van der Waals surface area (Å²) in [4.78, 5) is 21.9. The number of hydrogen-bond acceptors (Lipinski definition) is 5. The average molecular weight is 315 g/mol. The first kappa shape index (κ1) is 16.6. The highest BCUT2D eigenvalue weighted by Crippen LogP contribution is 2.13. The lowest BCUT2D eigenvalue weighted by atomic mass is 10.0. The first-order valence-corrected chi connectivity index (χ1v) is 7.04. The topological polar surface area (TPSA) is 104 Å². The van der Waals surface area contributed by atoms with Crippen LogP contribution < -0.4 is 10.8 Å². The molecular weight excluding hydrogens is 298 g/mol. The summed E-state index contributed by atoms with van der Waals surface area (Å²) in [5.74, 6) is -0.556. The Morgan fingerprint density at radius 1 is 1.09 bits per heavy atom. The normalized spacial score (nSPS) is 11.7. The molecule has 0 aliphatic rings. The van der Waals surface area contributed by atoms with Crippen molar-refractivity contribution < 1.29 is 14.9 Å². The number of nitrogens with one attached hydrogen (secondary N) is 2. The molecule has 0 aliphatic carbocycles. The molecule has 1 amide bonds. The summed E-state index contributed by atoms with van der Waals surface area (Å²) in [5, 5.41) is 22.6. The predicted molar refractivity (Wildman–Crippen MR) is 83.8 cm³/mol. The number of nitro benzene ring substituents is 1. The molecular formula is C16H17N3O4. The Labute approximate surface area is 133 Å². The van der Waals surface area contributed by atoms with E-state index in [1.807, 2.05) is 30.3 Å². The zero-order chi connectivity index (χ0) is 16.7. The van der Waals surface area contributed by atoms with Gasteiger partial charge in [0.2, 0.25) is 0 Å². The fraction of sp³-hybridized carbons (Fsp3) is 0.188. The summed E-state index contributed by atoms with van der Waals surface area (Å²) >= 11 is 0. The smallest absolute Gasteiger partial charge is 0.269 e. The van der Waals surface area contributed by atoms with Crippen molar-refractivity contribution in [2.45, 2.75) is 19.0 Å². The van der Waals surface area contributed by atoms with Crippen LogP contribution >= 0.6 is 0 Å². The summed E-state index contributed by atoms with van der Waals surface area (Å²) < 4.78 is 0. The van der Waals surface area contributed by atoms with Crippen molar-refractivity contribution in [3.63, 3.8) is 0 Å². The number of hydrogen-bond donors (Lipinski definition) is 3. The molecule has 1 unspecified atom stereocenters. The first-order chi connectivity index (χ1) is 11.1. The van der Waals surface area contributed by atoms with E-state index < -0.39 is 16.9 Å². The number of benzene rings is 2. The fourth-order valence-corrected chi connectivity index (χ4v) is 2.16. The molecule has 0 spiro atoms. The van der Waals surface area contributed by atoms with Gasteiger partial charge in [-0.05, 0) is 17.5 Å². The van der Waals surface area contributed by atoms with Crippen LogP contribution in [0.15, 0.2) is 54.6 Å². The number of nitro groups is 1. The number of rotatable bonds is 7. The van der Waals surface area contributed by atoms with E-state index >= 15 is 0 Å². The molecule has 0 bridgehead atoms. The van der Waals surface area contributed by atoms with E-state index in [0.717, 1.165) is 11.1 Å². The van der Waals surface area contributed by atoms with Crippen LogP contribution in [0.4, 0.5) is 5.69 Å². The Kier molecular flexibility index (Phi) is 5.79. The molecule has 7 heteroatoms. The van der Waals surface area contributed by atoms with Gasteiger partial charge in [-0.15, -0.1) is 0 Å². The number of nitrogens with zero attached hydrogens (tertiary/aromatic N) is 1. The molecule has 0 aliphatic heterocycles. The Morgan fingerprint density at radius 3 is 2.30 bits per heavy atom. The van der Waals surface area contributed by atoms with Gasteiger partial charge in [0.1, 0.15) is 0 Å². The average Bonchev–Trinajstić information content (AvgIpc) is 2.59. The first-order valence-electron chi connectivity index (χ1n) is 7.04. The lowest BCUT2D eigenvalue weighted by Gasteiger charge is -2.17. The summed E-state index contributed by atoms with van der Waals surface area (Å²) in [6, 6.07) is 14.9. The van der Waals surface area contributed by atoms with E-state index in [1.54, 1.807) is 17.6 Å². The number of non-ortho nitro benzene ring substituents is 1. The van der Waals surface area contributed by atoms with E-state index in [1.165, 1.54) is 12.1 Å². The van der Waals surface area contributed by atoms with Gasteiger partial charge in [0.25, 0.3) is 11.6 Å². The van der Waals surface area contributed by atoms with Gasteiger partial charge in [-0.1, -0.05) is 42.5 Å². The summed E-state index contributed by atoms with van der Waals surface area (Å²) in [6.45, 7) is 0.464.